The van der Waals surface area contributed by atoms with E-state index >= 15 is 0 Å². The van der Waals surface area contributed by atoms with Crippen LogP contribution in [0.2, 0.25) is 0 Å². The highest BCUT2D eigenvalue weighted by atomic mass is 15.2. The van der Waals surface area contributed by atoms with Gasteiger partial charge in [-0.2, -0.15) is 0 Å². The van der Waals surface area contributed by atoms with Crippen molar-refractivity contribution in [3.8, 4) is 0 Å². The minimum Gasteiger partial charge on any atom is -0.313 e. The smallest absolute Gasteiger partial charge is 0.0195 e. The van der Waals surface area contributed by atoms with Crippen molar-refractivity contribution in [2.24, 2.45) is 5.92 Å². The molecule has 0 aromatic rings. The first-order chi connectivity index (χ1) is 8.25. The summed E-state index contributed by atoms with van der Waals surface area (Å²) in [5, 5.41) is 3.70. The maximum atomic E-state index is 3.70. The van der Waals surface area contributed by atoms with E-state index in [1.807, 2.05) is 0 Å². The summed E-state index contributed by atoms with van der Waals surface area (Å²) in [5.41, 5.74) is 0. The Bertz CT molecular complexity index is 203. The Morgan fingerprint density at radius 2 is 1.76 bits per heavy atom. The third-order valence-corrected chi connectivity index (χ3v) is 4.31. The van der Waals surface area contributed by atoms with E-state index in [1.165, 1.54) is 64.6 Å². The van der Waals surface area contributed by atoms with Gasteiger partial charge in [-0.05, 0) is 38.1 Å². The Labute approximate surface area is 107 Å². The van der Waals surface area contributed by atoms with Crippen LogP contribution in [0.3, 0.4) is 0 Å². The number of piperidine rings is 1. The lowest BCUT2D eigenvalue weighted by molar-refractivity contribution is 0.150. The first kappa shape index (κ1) is 13.4. The van der Waals surface area contributed by atoms with Crippen LogP contribution in [0.1, 0.15) is 58.8 Å². The molecule has 0 spiro atoms. The van der Waals surface area contributed by atoms with Crippen LogP contribution in [0, 0.1) is 5.92 Å². The van der Waals surface area contributed by atoms with Crippen molar-refractivity contribution in [3.63, 3.8) is 0 Å². The SMILES string of the molecule is CC(C)CN(CC1CCCCN1)C1CCCC1. The number of rotatable bonds is 5. The molecule has 2 nitrogen and oxygen atoms in total. The molecule has 1 saturated carbocycles. The van der Waals surface area contributed by atoms with E-state index in [0.29, 0.717) is 0 Å². The fourth-order valence-electron chi connectivity index (χ4n) is 3.47. The van der Waals surface area contributed by atoms with Gasteiger partial charge in [-0.15, -0.1) is 0 Å². The monoisotopic (exact) mass is 238 g/mol. The fraction of sp³-hybridized carbons (Fsp3) is 1.00. The molecule has 1 heterocycles. The summed E-state index contributed by atoms with van der Waals surface area (Å²) < 4.78 is 0. The van der Waals surface area contributed by atoms with Gasteiger partial charge in [-0.25, -0.2) is 0 Å². The van der Waals surface area contributed by atoms with Gasteiger partial charge < -0.3 is 5.32 Å². The maximum Gasteiger partial charge on any atom is 0.0195 e. The molecule has 2 heteroatoms. The number of nitrogens with zero attached hydrogens (tertiary/aromatic N) is 1. The molecule has 2 aliphatic rings. The highest BCUT2D eigenvalue weighted by Crippen LogP contribution is 2.25. The number of nitrogens with one attached hydrogen (secondary N) is 1. The van der Waals surface area contributed by atoms with Gasteiger partial charge in [0.15, 0.2) is 0 Å². The number of hydrogen-bond donors (Lipinski definition) is 1. The fourth-order valence-corrected chi connectivity index (χ4v) is 3.47. The Kier molecular flexibility index (Phi) is 5.30. The topological polar surface area (TPSA) is 15.3 Å². The van der Waals surface area contributed by atoms with Gasteiger partial charge in [0.2, 0.25) is 0 Å². The van der Waals surface area contributed by atoms with Crippen LogP contribution >= 0.6 is 0 Å². The Hall–Kier alpha value is -0.0800. The predicted molar refractivity (Wildman–Crippen MR) is 74.3 cm³/mol. The molecule has 0 aromatic carbocycles. The third kappa shape index (κ3) is 4.26. The predicted octanol–water partition coefficient (Wildman–Crippen LogP) is 3.03. The molecule has 1 aliphatic heterocycles. The largest absolute Gasteiger partial charge is 0.313 e. The van der Waals surface area contributed by atoms with Crippen molar-refractivity contribution in [2.45, 2.75) is 70.9 Å². The summed E-state index contributed by atoms with van der Waals surface area (Å²) in [6.45, 7) is 8.54. The molecular weight excluding hydrogens is 208 g/mol. The zero-order chi connectivity index (χ0) is 12.1. The third-order valence-electron chi connectivity index (χ3n) is 4.31. The van der Waals surface area contributed by atoms with Crippen molar-refractivity contribution in [2.75, 3.05) is 19.6 Å². The standard InChI is InChI=1S/C15H30N2/c1-13(2)11-17(15-8-3-4-9-15)12-14-7-5-6-10-16-14/h13-16H,3-12H2,1-2H3. The molecule has 0 aromatic heterocycles. The van der Waals surface area contributed by atoms with Gasteiger partial charge in [0.25, 0.3) is 0 Å². The minimum atomic E-state index is 0.767. The first-order valence-corrected chi connectivity index (χ1v) is 7.73. The summed E-state index contributed by atoms with van der Waals surface area (Å²) in [6, 6.07) is 1.66. The van der Waals surface area contributed by atoms with Gasteiger partial charge >= 0.3 is 0 Å². The normalized spacial score (nSPS) is 27.2. The van der Waals surface area contributed by atoms with Crippen LogP contribution in [0.25, 0.3) is 0 Å². The molecule has 1 unspecified atom stereocenters. The van der Waals surface area contributed by atoms with Crippen molar-refractivity contribution >= 4 is 0 Å². The molecule has 1 N–H and O–H groups in total. The molecule has 17 heavy (non-hydrogen) atoms. The van der Waals surface area contributed by atoms with E-state index in [4.69, 9.17) is 0 Å². The molecule has 1 atom stereocenters. The van der Waals surface area contributed by atoms with Crippen molar-refractivity contribution < 1.29 is 0 Å². The Morgan fingerprint density at radius 3 is 2.35 bits per heavy atom. The van der Waals surface area contributed by atoms with Gasteiger partial charge in [-0.1, -0.05) is 33.1 Å². The summed E-state index contributed by atoms with van der Waals surface area (Å²) in [4.78, 5) is 2.79. The van der Waals surface area contributed by atoms with Crippen LogP contribution in [0.4, 0.5) is 0 Å². The number of hydrogen-bond acceptors (Lipinski definition) is 2. The first-order valence-electron chi connectivity index (χ1n) is 7.73. The maximum absolute atomic E-state index is 3.70. The quantitative estimate of drug-likeness (QED) is 0.792. The second-order valence-corrected chi connectivity index (χ2v) is 6.43. The lowest BCUT2D eigenvalue weighted by Crippen LogP contribution is -2.47. The van der Waals surface area contributed by atoms with Crippen molar-refractivity contribution in [3.05, 3.63) is 0 Å². The zero-order valence-electron chi connectivity index (χ0n) is 11.8. The average molecular weight is 238 g/mol. The van der Waals surface area contributed by atoms with E-state index < -0.39 is 0 Å². The van der Waals surface area contributed by atoms with Crippen molar-refractivity contribution in [1.82, 2.24) is 10.2 Å². The Balaban J connectivity index is 1.84. The highest BCUT2D eigenvalue weighted by Gasteiger charge is 2.25. The minimum absolute atomic E-state index is 0.767. The van der Waals surface area contributed by atoms with Gasteiger partial charge in [0, 0.05) is 25.2 Å². The molecule has 0 bridgehead atoms. The lowest BCUT2D eigenvalue weighted by Gasteiger charge is -2.35. The molecule has 2 fully saturated rings. The Morgan fingerprint density at radius 1 is 1.06 bits per heavy atom. The second kappa shape index (κ2) is 6.75. The molecule has 100 valence electrons. The van der Waals surface area contributed by atoms with E-state index in [-0.39, 0.29) is 0 Å². The molecule has 0 amide bonds. The summed E-state index contributed by atoms with van der Waals surface area (Å²) in [5.74, 6) is 0.805. The van der Waals surface area contributed by atoms with E-state index in [2.05, 4.69) is 24.1 Å². The van der Waals surface area contributed by atoms with Crippen LogP contribution in [0.5, 0.6) is 0 Å². The molecular formula is C15H30N2. The summed E-state index contributed by atoms with van der Waals surface area (Å²) in [6.07, 6.45) is 10.00. The second-order valence-electron chi connectivity index (χ2n) is 6.43. The average Bonchev–Trinajstić information content (AvgIpc) is 2.82. The molecule has 1 aliphatic carbocycles. The van der Waals surface area contributed by atoms with E-state index in [9.17, 15) is 0 Å². The van der Waals surface area contributed by atoms with Crippen molar-refractivity contribution in [1.29, 1.82) is 0 Å². The van der Waals surface area contributed by atoms with Gasteiger partial charge in [-0.3, -0.25) is 4.90 Å². The van der Waals surface area contributed by atoms with Crippen LogP contribution < -0.4 is 5.32 Å². The summed E-state index contributed by atoms with van der Waals surface area (Å²) in [7, 11) is 0. The van der Waals surface area contributed by atoms with Crippen LogP contribution in [0.15, 0.2) is 0 Å². The van der Waals surface area contributed by atoms with Crippen LogP contribution in [-0.2, 0) is 0 Å². The zero-order valence-corrected chi connectivity index (χ0v) is 11.8. The molecule has 0 radical (unpaired) electrons. The lowest BCUT2D eigenvalue weighted by atomic mass is 10.0. The van der Waals surface area contributed by atoms with Gasteiger partial charge in [0.1, 0.15) is 0 Å². The van der Waals surface area contributed by atoms with E-state index in [0.717, 1.165) is 18.0 Å². The van der Waals surface area contributed by atoms with Crippen LogP contribution in [-0.4, -0.2) is 36.6 Å². The van der Waals surface area contributed by atoms with Gasteiger partial charge in [0.05, 0.1) is 0 Å². The van der Waals surface area contributed by atoms with E-state index in [1.54, 1.807) is 0 Å². The summed E-state index contributed by atoms with van der Waals surface area (Å²) >= 11 is 0. The molecule has 2 rings (SSSR count). The highest BCUT2D eigenvalue weighted by molar-refractivity contribution is 4.83. The molecule has 1 saturated heterocycles.